The monoisotopic (exact) mass is 584 g/mol. The molecule has 13 heteroatoms. The Balaban J connectivity index is 1.61. The van der Waals surface area contributed by atoms with Crippen LogP contribution in [0, 0.1) is 11.3 Å². The number of carbonyl (C=O) groups excluding carboxylic acids is 2. The minimum atomic E-state index is -3.78. The second-order valence-corrected chi connectivity index (χ2v) is 13.3. The topological polar surface area (TPSA) is 146 Å². The first-order chi connectivity index (χ1) is 19.3. The second kappa shape index (κ2) is 11.9. The van der Waals surface area contributed by atoms with Crippen molar-refractivity contribution in [3.8, 4) is 6.07 Å². The van der Waals surface area contributed by atoms with Crippen molar-refractivity contribution in [3.05, 3.63) is 47.2 Å². The Bertz CT molecular complexity index is 1440. The number of nitrogens with zero attached hydrogens (tertiary/aromatic N) is 6. The summed E-state index contributed by atoms with van der Waals surface area (Å²) >= 11 is 0. The van der Waals surface area contributed by atoms with E-state index >= 15 is 0 Å². The molecule has 0 saturated carbocycles. The second-order valence-electron chi connectivity index (χ2n) is 11.4. The van der Waals surface area contributed by atoms with Gasteiger partial charge in [0.2, 0.25) is 15.0 Å². The van der Waals surface area contributed by atoms with Crippen LogP contribution in [-0.2, 0) is 38.9 Å². The Morgan fingerprint density at radius 1 is 1.12 bits per heavy atom. The van der Waals surface area contributed by atoms with Gasteiger partial charge in [0, 0.05) is 31.5 Å². The van der Waals surface area contributed by atoms with Crippen molar-refractivity contribution in [2.45, 2.75) is 76.5 Å². The zero-order valence-corrected chi connectivity index (χ0v) is 24.8. The Hall–Kier alpha value is -3.92. The van der Waals surface area contributed by atoms with E-state index in [0.717, 1.165) is 17.4 Å². The lowest BCUT2D eigenvalue weighted by Gasteiger charge is -2.45. The van der Waals surface area contributed by atoms with Gasteiger partial charge < -0.3 is 19.3 Å². The Morgan fingerprint density at radius 2 is 1.83 bits per heavy atom. The van der Waals surface area contributed by atoms with Crippen LogP contribution in [0.1, 0.15) is 50.9 Å². The highest BCUT2D eigenvalue weighted by molar-refractivity contribution is 7.90. The molecule has 4 rings (SSSR count). The molecule has 0 radical (unpaired) electrons. The number of ether oxygens (including phenoxy) is 2. The largest absolute Gasteiger partial charge is 0.445 e. The van der Waals surface area contributed by atoms with Gasteiger partial charge in [-0.05, 0) is 39.7 Å². The molecule has 2 amide bonds. The summed E-state index contributed by atoms with van der Waals surface area (Å²) in [6.07, 6.45) is 0.463. The Labute approximate surface area is 240 Å². The van der Waals surface area contributed by atoms with Crippen LogP contribution >= 0.6 is 0 Å². The number of piperazine rings is 1. The molecule has 12 nitrogen and oxygen atoms in total. The highest BCUT2D eigenvalue weighted by atomic mass is 32.2. The van der Waals surface area contributed by atoms with Crippen molar-refractivity contribution in [1.29, 1.82) is 5.26 Å². The molecular formula is C28H36N6O6S. The maximum absolute atomic E-state index is 13.1. The number of carbonyl (C=O) groups is 2. The van der Waals surface area contributed by atoms with E-state index in [-0.39, 0.29) is 37.3 Å². The molecule has 0 bridgehead atoms. The summed E-state index contributed by atoms with van der Waals surface area (Å²) in [4.78, 5) is 39.7. The van der Waals surface area contributed by atoms with Gasteiger partial charge in [0.15, 0.2) is 0 Å². The number of fused-ring (bicyclic) bond motifs is 1. The van der Waals surface area contributed by atoms with E-state index < -0.39 is 33.7 Å². The lowest BCUT2D eigenvalue weighted by atomic mass is 10.0. The molecule has 2 aliphatic rings. The number of benzene rings is 1. The molecule has 0 unspecified atom stereocenters. The van der Waals surface area contributed by atoms with Crippen LogP contribution in [0.4, 0.5) is 15.4 Å². The van der Waals surface area contributed by atoms with Gasteiger partial charge in [-0.3, -0.25) is 4.90 Å². The SMILES string of the molecule is C[C@@H]1CN(c2nc(S(C)(=O)=O)nc3c2CCN(C(=O)OC(C)(C)C)C3)C[C@H](CC#N)N1C(=O)OCc1ccccc1. The Morgan fingerprint density at radius 3 is 2.46 bits per heavy atom. The molecule has 0 N–H and O–H groups in total. The average Bonchev–Trinajstić information content (AvgIpc) is 2.90. The molecule has 2 aromatic rings. The fraction of sp³-hybridized carbons (Fsp3) is 0.536. The summed E-state index contributed by atoms with van der Waals surface area (Å²) in [7, 11) is -3.78. The van der Waals surface area contributed by atoms with E-state index in [4.69, 9.17) is 9.47 Å². The van der Waals surface area contributed by atoms with Crippen LogP contribution in [-0.4, -0.2) is 83.9 Å². The molecule has 220 valence electrons. The third-order valence-electron chi connectivity index (χ3n) is 6.83. The van der Waals surface area contributed by atoms with E-state index in [1.165, 1.54) is 4.90 Å². The third-order valence-corrected chi connectivity index (χ3v) is 7.68. The first-order valence-corrected chi connectivity index (χ1v) is 15.3. The third kappa shape index (κ3) is 7.24. The van der Waals surface area contributed by atoms with Crippen LogP contribution in [0.3, 0.4) is 0 Å². The maximum Gasteiger partial charge on any atom is 0.410 e. The van der Waals surface area contributed by atoms with E-state index in [9.17, 15) is 23.3 Å². The molecule has 0 aliphatic carbocycles. The molecule has 0 spiro atoms. The molecule has 1 saturated heterocycles. The molecule has 2 atom stereocenters. The predicted octanol–water partition coefficient (Wildman–Crippen LogP) is 3.30. The minimum Gasteiger partial charge on any atom is -0.445 e. The molecule has 41 heavy (non-hydrogen) atoms. The maximum atomic E-state index is 13.1. The van der Waals surface area contributed by atoms with Crippen LogP contribution in [0.2, 0.25) is 0 Å². The van der Waals surface area contributed by atoms with Gasteiger partial charge in [0.05, 0.1) is 36.8 Å². The first kappa shape index (κ1) is 30.0. The van der Waals surface area contributed by atoms with E-state index in [1.54, 1.807) is 25.7 Å². The summed E-state index contributed by atoms with van der Waals surface area (Å²) in [6, 6.07) is 10.6. The van der Waals surface area contributed by atoms with Gasteiger partial charge in [-0.1, -0.05) is 30.3 Å². The number of amides is 2. The number of sulfone groups is 1. The van der Waals surface area contributed by atoms with Gasteiger partial charge in [-0.15, -0.1) is 0 Å². The Kier molecular flexibility index (Phi) is 8.72. The summed E-state index contributed by atoms with van der Waals surface area (Å²) in [5, 5.41) is 9.23. The van der Waals surface area contributed by atoms with Crippen molar-refractivity contribution in [2.24, 2.45) is 0 Å². The molecule has 2 aliphatic heterocycles. The van der Waals surface area contributed by atoms with Crippen LogP contribution < -0.4 is 4.90 Å². The molecule has 1 aromatic heterocycles. The number of nitriles is 1. The fourth-order valence-electron chi connectivity index (χ4n) is 5.05. The first-order valence-electron chi connectivity index (χ1n) is 13.5. The predicted molar refractivity (Wildman–Crippen MR) is 150 cm³/mol. The van der Waals surface area contributed by atoms with Crippen LogP contribution in [0.5, 0.6) is 0 Å². The van der Waals surface area contributed by atoms with E-state index in [2.05, 4.69) is 16.0 Å². The smallest absolute Gasteiger partial charge is 0.410 e. The van der Waals surface area contributed by atoms with Gasteiger partial charge >= 0.3 is 12.2 Å². The summed E-state index contributed by atoms with van der Waals surface area (Å²) in [6.45, 7) is 8.31. The lowest BCUT2D eigenvalue weighted by molar-refractivity contribution is 0.0220. The number of hydrogen-bond donors (Lipinski definition) is 0. The average molecular weight is 585 g/mol. The molecule has 1 aromatic carbocycles. The number of rotatable bonds is 5. The van der Waals surface area contributed by atoms with Crippen molar-refractivity contribution < 1.29 is 27.5 Å². The van der Waals surface area contributed by atoms with Crippen molar-refractivity contribution in [3.63, 3.8) is 0 Å². The summed E-state index contributed by atoms with van der Waals surface area (Å²) in [5.41, 5.74) is 1.34. The van der Waals surface area contributed by atoms with Crippen LogP contribution in [0.15, 0.2) is 35.5 Å². The van der Waals surface area contributed by atoms with Crippen molar-refractivity contribution in [1.82, 2.24) is 19.8 Å². The normalized spacial score (nSPS) is 19.3. The van der Waals surface area contributed by atoms with Gasteiger partial charge in [0.25, 0.3) is 0 Å². The summed E-state index contributed by atoms with van der Waals surface area (Å²) < 4.78 is 36.2. The van der Waals surface area contributed by atoms with E-state index in [1.807, 2.05) is 42.2 Å². The highest BCUT2D eigenvalue weighted by Crippen LogP contribution is 2.32. The number of hydrogen-bond acceptors (Lipinski definition) is 10. The van der Waals surface area contributed by atoms with Crippen molar-refractivity contribution >= 4 is 27.8 Å². The van der Waals surface area contributed by atoms with Gasteiger partial charge in [-0.2, -0.15) is 5.26 Å². The summed E-state index contributed by atoms with van der Waals surface area (Å²) in [5.74, 6) is 0.436. The van der Waals surface area contributed by atoms with Crippen molar-refractivity contribution in [2.75, 3.05) is 30.8 Å². The molecule has 3 heterocycles. The standard InChI is InChI=1S/C28H36N6O6S/c1-19-15-33(16-21(11-13-29)34(19)27(36)39-18-20-9-7-6-8-10-20)24-22-12-14-32(26(35)40-28(2,3)4)17-23(22)30-25(31-24)41(5,37)38/h6-10,19,21H,11-12,14-18H2,1-5H3/t19-,21+/m1/s1. The molecular weight excluding hydrogens is 548 g/mol. The number of anilines is 1. The zero-order chi connectivity index (χ0) is 29.9. The van der Waals surface area contributed by atoms with E-state index in [0.29, 0.717) is 31.0 Å². The van der Waals surface area contributed by atoms with Crippen LogP contribution in [0.25, 0.3) is 0 Å². The minimum absolute atomic E-state index is 0.0555. The van der Waals surface area contributed by atoms with Gasteiger partial charge in [-0.25, -0.2) is 28.0 Å². The fourth-order valence-corrected chi connectivity index (χ4v) is 5.57. The zero-order valence-electron chi connectivity index (χ0n) is 24.0. The molecule has 1 fully saturated rings. The van der Waals surface area contributed by atoms with Gasteiger partial charge in [0.1, 0.15) is 18.0 Å². The highest BCUT2D eigenvalue weighted by Gasteiger charge is 2.39. The quantitative estimate of drug-likeness (QED) is 0.480. The lowest BCUT2D eigenvalue weighted by Crippen LogP contribution is -2.60. The number of aromatic nitrogens is 2.